The van der Waals surface area contributed by atoms with E-state index in [2.05, 4.69) is 10.3 Å². The molecule has 0 spiro atoms. The van der Waals surface area contributed by atoms with Crippen molar-refractivity contribution in [1.82, 2.24) is 4.98 Å². The van der Waals surface area contributed by atoms with E-state index in [1.165, 1.54) is 6.20 Å². The van der Waals surface area contributed by atoms with Gasteiger partial charge in [-0.05, 0) is 37.1 Å². The van der Waals surface area contributed by atoms with Crippen molar-refractivity contribution in [3.05, 3.63) is 42.1 Å². The van der Waals surface area contributed by atoms with Crippen molar-refractivity contribution in [2.45, 2.75) is 33.1 Å². The predicted molar refractivity (Wildman–Crippen MR) is 109 cm³/mol. The molecule has 0 fully saturated rings. The lowest BCUT2D eigenvalue weighted by Gasteiger charge is -2.11. The molecule has 152 valence electrons. The number of benzene rings is 1. The summed E-state index contributed by atoms with van der Waals surface area (Å²) >= 11 is 0. The quantitative estimate of drug-likeness (QED) is 0.604. The van der Waals surface area contributed by atoms with Crippen molar-refractivity contribution in [2.24, 2.45) is 0 Å². The minimum absolute atomic E-state index is 0.0255. The van der Waals surface area contributed by atoms with E-state index in [1.54, 1.807) is 25.3 Å². The summed E-state index contributed by atoms with van der Waals surface area (Å²) in [6.07, 6.45) is 3.74. The topological polar surface area (TPSA) is 94.6 Å². The molecule has 1 aromatic heterocycles. The van der Waals surface area contributed by atoms with Crippen LogP contribution in [-0.2, 0) is 14.6 Å². The molecule has 0 radical (unpaired) electrons. The number of amides is 1. The van der Waals surface area contributed by atoms with E-state index in [4.69, 9.17) is 9.47 Å². The number of nitrogens with zero attached hydrogens (tertiary/aromatic N) is 1. The first-order chi connectivity index (χ1) is 13.3. The number of hydrogen-bond acceptors (Lipinski definition) is 6. The Balaban J connectivity index is 1.94. The Hall–Kier alpha value is -2.61. The molecule has 28 heavy (non-hydrogen) atoms. The molecule has 0 aliphatic rings. The van der Waals surface area contributed by atoms with Crippen LogP contribution in [0.4, 0.5) is 5.69 Å². The van der Waals surface area contributed by atoms with Crippen LogP contribution in [0.5, 0.6) is 17.4 Å². The average Bonchev–Trinajstić information content (AvgIpc) is 2.64. The van der Waals surface area contributed by atoms with Crippen molar-refractivity contribution in [3.63, 3.8) is 0 Å². The summed E-state index contributed by atoms with van der Waals surface area (Å²) < 4.78 is 34.9. The van der Waals surface area contributed by atoms with Gasteiger partial charge in [-0.15, -0.1) is 0 Å². The van der Waals surface area contributed by atoms with Gasteiger partial charge in [0.1, 0.15) is 5.75 Å². The lowest BCUT2D eigenvalue weighted by Crippen LogP contribution is -2.24. The third-order valence-electron chi connectivity index (χ3n) is 3.96. The number of carbonyl (C=O) groups is 1. The number of sulfone groups is 1. The Morgan fingerprint density at radius 2 is 1.93 bits per heavy atom. The smallest absolute Gasteiger partial charge is 0.239 e. The molecule has 0 atom stereocenters. The minimum Gasteiger partial charge on any atom is -0.493 e. The molecule has 1 aromatic carbocycles. The van der Waals surface area contributed by atoms with E-state index in [0.29, 0.717) is 29.5 Å². The Morgan fingerprint density at radius 3 is 2.57 bits per heavy atom. The van der Waals surface area contributed by atoms with Crippen LogP contribution in [-0.4, -0.2) is 37.9 Å². The van der Waals surface area contributed by atoms with Gasteiger partial charge in [0.2, 0.25) is 11.8 Å². The van der Waals surface area contributed by atoms with Gasteiger partial charge in [-0.2, -0.15) is 0 Å². The number of aromatic nitrogens is 1. The molecule has 1 amide bonds. The Kier molecular flexibility index (Phi) is 7.80. The Morgan fingerprint density at radius 1 is 1.14 bits per heavy atom. The van der Waals surface area contributed by atoms with Gasteiger partial charge in [0.25, 0.3) is 0 Å². The SMILES string of the molecule is CCCCCS(=O)(=O)CC(=O)Nc1ccc(Oc2ccc(C)cc2OC)nc1. The van der Waals surface area contributed by atoms with Gasteiger partial charge in [0.05, 0.1) is 24.7 Å². The highest BCUT2D eigenvalue weighted by atomic mass is 32.2. The Labute approximate surface area is 166 Å². The fourth-order valence-electron chi connectivity index (χ4n) is 2.53. The maximum atomic E-state index is 12.0. The molecule has 0 bridgehead atoms. The summed E-state index contributed by atoms with van der Waals surface area (Å²) in [6.45, 7) is 3.95. The number of ether oxygens (including phenoxy) is 2. The number of rotatable bonds is 10. The number of methoxy groups -OCH3 is 1. The molecular formula is C20H26N2O5S. The van der Waals surface area contributed by atoms with Crippen LogP contribution in [0.25, 0.3) is 0 Å². The van der Waals surface area contributed by atoms with Gasteiger partial charge < -0.3 is 14.8 Å². The summed E-state index contributed by atoms with van der Waals surface area (Å²) in [5.74, 6) is 0.357. The first-order valence-corrected chi connectivity index (χ1v) is 10.9. The largest absolute Gasteiger partial charge is 0.493 e. The van der Waals surface area contributed by atoms with Crippen LogP contribution in [0.15, 0.2) is 36.5 Å². The first-order valence-electron chi connectivity index (χ1n) is 9.12. The second-order valence-electron chi connectivity index (χ2n) is 6.49. The van der Waals surface area contributed by atoms with Gasteiger partial charge in [-0.25, -0.2) is 13.4 Å². The second kappa shape index (κ2) is 10.1. The van der Waals surface area contributed by atoms with E-state index >= 15 is 0 Å². The molecule has 1 N–H and O–H groups in total. The zero-order valence-corrected chi connectivity index (χ0v) is 17.2. The van der Waals surface area contributed by atoms with Crippen molar-refractivity contribution < 1.29 is 22.7 Å². The van der Waals surface area contributed by atoms with Gasteiger partial charge in [0.15, 0.2) is 21.3 Å². The van der Waals surface area contributed by atoms with Gasteiger partial charge in [0, 0.05) is 6.07 Å². The molecule has 0 aliphatic carbocycles. The standard InChI is InChI=1S/C20H26N2O5S/c1-4-5-6-11-28(24,25)14-19(23)22-16-8-10-20(21-13-16)27-17-9-7-15(2)12-18(17)26-3/h7-10,12-13H,4-6,11,14H2,1-3H3,(H,22,23). The molecule has 2 rings (SSSR count). The van der Waals surface area contributed by atoms with Crippen LogP contribution in [0, 0.1) is 6.92 Å². The summed E-state index contributed by atoms with van der Waals surface area (Å²) in [5, 5.41) is 2.55. The molecule has 0 unspecified atom stereocenters. The molecule has 8 heteroatoms. The van der Waals surface area contributed by atoms with E-state index in [0.717, 1.165) is 18.4 Å². The third-order valence-corrected chi connectivity index (χ3v) is 5.58. The van der Waals surface area contributed by atoms with Crippen molar-refractivity contribution in [2.75, 3.05) is 23.9 Å². The van der Waals surface area contributed by atoms with E-state index in [9.17, 15) is 13.2 Å². The second-order valence-corrected chi connectivity index (χ2v) is 8.67. The number of hydrogen-bond donors (Lipinski definition) is 1. The monoisotopic (exact) mass is 406 g/mol. The van der Waals surface area contributed by atoms with Crippen molar-refractivity contribution in [1.29, 1.82) is 0 Å². The van der Waals surface area contributed by atoms with Gasteiger partial charge in [-0.1, -0.05) is 25.8 Å². The highest BCUT2D eigenvalue weighted by Crippen LogP contribution is 2.31. The predicted octanol–water partition coefficient (Wildman–Crippen LogP) is 3.73. The molecule has 0 saturated heterocycles. The van der Waals surface area contributed by atoms with Crippen LogP contribution in [0.1, 0.15) is 31.7 Å². The zero-order valence-electron chi connectivity index (χ0n) is 16.4. The number of aryl methyl sites for hydroxylation is 1. The minimum atomic E-state index is -3.40. The highest BCUT2D eigenvalue weighted by molar-refractivity contribution is 7.92. The summed E-state index contributed by atoms with van der Waals surface area (Å²) in [7, 11) is -1.84. The van der Waals surface area contributed by atoms with E-state index in [1.807, 2.05) is 26.0 Å². The number of carbonyl (C=O) groups excluding carboxylic acids is 1. The van der Waals surface area contributed by atoms with Crippen LogP contribution in [0.2, 0.25) is 0 Å². The van der Waals surface area contributed by atoms with E-state index in [-0.39, 0.29) is 5.75 Å². The Bertz CT molecular complexity index is 895. The van der Waals surface area contributed by atoms with Crippen LogP contribution >= 0.6 is 0 Å². The number of pyridine rings is 1. The molecular weight excluding hydrogens is 380 g/mol. The van der Waals surface area contributed by atoms with Crippen LogP contribution < -0.4 is 14.8 Å². The number of anilines is 1. The molecule has 2 aromatic rings. The molecule has 0 aliphatic heterocycles. The fraction of sp³-hybridized carbons (Fsp3) is 0.400. The third kappa shape index (κ3) is 6.84. The van der Waals surface area contributed by atoms with E-state index < -0.39 is 21.5 Å². The number of nitrogens with one attached hydrogen (secondary N) is 1. The maximum absolute atomic E-state index is 12.0. The summed E-state index contributed by atoms with van der Waals surface area (Å²) in [4.78, 5) is 16.1. The zero-order chi connectivity index (χ0) is 20.6. The first kappa shape index (κ1) is 21.7. The fourth-order valence-corrected chi connectivity index (χ4v) is 3.79. The van der Waals surface area contributed by atoms with Gasteiger partial charge in [-0.3, -0.25) is 4.79 Å². The summed E-state index contributed by atoms with van der Waals surface area (Å²) in [5.41, 5.74) is 1.44. The normalized spacial score (nSPS) is 11.1. The lowest BCUT2D eigenvalue weighted by atomic mass is 10.2. The van der Waals surface area contributed by atoms with Gasteiger partial charge >= 0.3 is 0 Å². The van der Waals surface area contributed by atoms with Crippen molar-refractivity contribution >= 4 is 21.4 Å². The lowest BCUT2D eigenvalue weighted by molar-refractivity contribution is -0.113. The highest BCUT2D eigenvalue weighted by Gasteiger charge is 2.16. The summed E-state index contributed by atoms with van der Waals surface area (Å²) in [6, 6.07) is 8.72. The molecule has 1 heterocycles. The van der Waals surface area contributed by atoms with Crippen LogP contribution in [0.3, 0.4) is 0 Å². The molecule has 0 saturated carbocycles. The number of unbranched alkanes of at least 4 members (excludes halogenated alkanes) is 2. The van der Waals surface area contributed by atoms with Crippen molar-refractivity contribution in [3.8, 4) is 17.4 Å². The average molecular weight is 407 g/mol. The maximum Gasteiger partial charge on any atom is 0.239 e. The molecule has 7 nitrogen and oxygen atoms in total.